The molecule has 0 saturated carbocycles. The molecule has 21 heavy (non-hydrogen) atoms. The van der Waals surface area contributed by atoms with E-state index in [1.807, 2.05) is 13.0 Å². The van der Waals surface area contributed by atoms with Crippen LogP contribution in [0.3, 0.4) is 0 Å². The molecular weight excluding hydrogens is 308 g/mol. The molecule has 1 heterocycles. The normalized spacial score (nSPS) is 14.0. The van der Waals surface area contributed by atoms with Crippen LogP contribution in [0.4, 0.5) is 0 Å². The predicted octanol–water partition coefficient (Wildman–Crippen LogP) is 0.956. The van der Waals surface area contributed by atoms with Crippen LogP contribution in [-0.2, 0) is 10.0 Å². The number of thiophene rings is 1. The first kappa shape index (κ1) is 17.9. The molecule has 0 bridgehead atoms. The summed E-state index contributed by atoms with van der Waals surface area (Å²) in [5, 5.41) is 8.32. The van der Waals surface area contributed by atoms with Gasteiger partial charge in [0.05, 0.1) is 12.8 Å². The third-order valence-corrected chi connectivity index (χ3v) is 4.51. The van der Waals surface area contributed by atoms with Crippen molar-refractivity contribution in [2.45, 2.75) is 19.8 Å². The summed E-state index contributed by atoms with van der Waals surface area (Å²) in [6.45, 7) is 6.42. The Balaban J connectivity index is 2.42. The van der Waals surface area contributed by atoms with E-state index in [1.165, 1.54) is 4.88 Å². The highest BCUT2D eigenvalue weighted by Gasteiger charge is 2.06. The topological polar surface area (TPSA) is 82.6 Å². The summed E-state index contributed by atoms with van der Waals surface area (Å²) in [6.07, 6.45) is 1.15. The zero-order valence-electron chi connectivity index (χ0n) is 12.7. The van der Waals surface area contributed by atoms with Gasteiger partial charge in [0.25, 0.3) is 0 Å². The van der Waals surface area contributed by atoms with Gasteiger partial charge in [0.1, 0.15) is 0 Å². The second kappa shape index (κ2) is 9.01. The van der Waals surface area contributed by atoms with Crippen molar-refractivity contribution in [1.29, 1.82) is 0 Å². The van der Waals surface area contributed by atoms with Crippen molar-refractivity contribution in [2.24, 2.45) is 4.99 Å². The van der Waals surface area contributed by atoms with E-state index in [0.29, 0.717) is 31.5 Å². The third-order valence-electron chi connectivity index (χ3n) is 2.68. The summed E-state index contributed by atoms with van der Waals surface area (Å²) in [5.41, 5.74) is 0. The lowest BCUT2D eigenvalue weighted by Gasteiger charge is -2.13. The van der Waals surface area contributed by atoms with Gasteiger partial charge in [0.15, 0.2) is 5.96 Å². The number of rotatable bonds is 8. The van der Waals surface area contributed by atoms with Crippen LogP contribution >= 0.6 is 11.3 Å². The molecule has 3 N–H and O–H groups in total. The molecule has 0 aliphatic rings. The molecule has 1 unspecified atom stereocenters. The number of hydrogen-bond acceptors (Lipinski definition) is 4. The number of nitrogens with one attached hydrogen (secondary N) is 3. The van der Waals surface area contributed by atoms with Gasteiger partial charge in [-0.1, -0.05) is 13.0 Å². The molecule has 120 valence electrons. The average molecular weight is 332 g/mol. The van der Waals surface area contributed by atoms with Crippen LogP contribution in [-0.4, -0.2) is 46.8 Å². The molecule has 0 aliphatic heterocycles. The summed E-state index contributed by atoms with van der Waals surface area (Å²) in [6, 6.07) is 4.15. The summed E-state index contributed by atoms with van der Waals surface area (Å²) in [5.74, 6) is 1.07. The Labute approximate surface area is 131 Å². The monoisotopic (exact) mass is 332 g/mol. The maximum atomic E-state index is 11.0. The molecule has 6 nitrogen and oxygen atoms in total. The van der Waals surface area contributed by atoms with E-state index < -0.39 is 10.0 Å². The van der Waals surface area contributed by atoms with E-state index in [1.54, 1.807) is 11.3 Å². The maximum absolute atomic E-state index is 11.0. The lowest BCUT2D eigenvalue weighted by Crippen LogP contribution is -2.41. The standard InChI is InChI=1S/C13H24N4O2S2/c1-4-14-13(15-7-8-17-21(3,18)19)16-10-11(2)12-6-5-9-20-12/h5-6,9,11,17H,4,7-8,10H2,1-3H3,(H2,14,15,16). The van der Waals surface area contributed by atoms with E-state index in [4.69, 9.17) is 0 Å². The lowest BCUT2D eigenvalue weighted by molar-refractivity contribution is 0.586. The second-order valence-electron chi connectivity index (χ2n) is 4.73. The maximum Gasteiger partial charge on any atom is 0.208 e. The first-order chi connectivity index (χ1) is 9.92. The highest BCUT2D eigenvalue weighted by atomic mass is 32.2. The van der Waals surface area contributed by atoms with Crippen molar-refractivity contribution in [3.05, 3.63) is 22.4 Å². The Morgan fingerprint density at radius 2 is 2.14 bits per heavy atom. The van der Waals surface area contributed by atoms with E-state index in [2.05, 4.69) is 38.7 Å². The van der Waals surface area contributed by atoms with Gasteiger partial charge in [-0.05, 0) is 18.4 Å². The minimum atomic E-state index is -3.14. The van der Waals surface area contributed by atoms with Crippen LogP contribution in [0, 0.1) is 0 Å². The van der Waals surface area contributed by atoms with Crippen LogP contribution in [0.15, 0.2) is 22.5 Å². The Morgan fingerprint density at radius 3 is 2.71 bits per heavy atom. The Bertz CT molecular complexity index is 526. The second-order valence-corrected chi connectivity index (χ2v) is 7.54. The Hall–Kier alpha value is -1.12. The van der Waals surface area contributed by atoms with Gasteiger partial charge < -0.3 is 10.6 Å². The van der Waals surface area contributed by atoms with Crippen molar-refractivity contribution in [1.82, 2.24) is 15.4 Å². The zero-order valence-corrected chi connectivity index (χ0v) is 14.4. The Kier molecular flexibility index (Phi) is 7.69. The number of nitrogens with zero attached hydrogens (tertiary/aromatic N) is 1. The van der Waals surface area contributed by atoms with E-state index in [9.17, 15) is 8.42 Å². The average Bonchev–Trinajstić information content (AvgIpc) is 2.93. The van der Waals surface area contributed by atoms with Gasteiger partial charge in [-0.15, -0.1) is 11.3 Å². The van der Waals surface area contributed by atoms with Crippen LogP contribution in [0.2, 0.25) is 0 Å². The summed E-state index contributed by atoms with van der Waals surface area (Å²) < 4.78 is 24.4. The van der Waals surface area contributed by atoms with Crippen LogP contribution in [0.25, 0.3) is 0 Å². The summed E-state index contributed by atoms with van der Waals surface area (Å²) in [4.78, 5) is 5.84. The number of aliphatic imine (C=N–C) groups is 1. The van der Waals surface area contributed by atoms with Gasteiger partial charge in [0.2, 0.25) is 10.0 Å². The fraction of sp³-hybridized carbons (Fsp3) is 0.615. The smallest absolute Gasteiger partial charge is 0.208 e. The van der Waals surface area contributed by atoms with Crippen molar-refractivity contribution >= 4 is 27.3 Å². The summed E-state index contributed by atoms with van der Waals surface area (Å²) in [7, 11) is -3.14. The minimum Gasteiger partial charge on any atom is -0.357 e. The highest BCUT2D eigenvalue weighted by molar-refractivity contribution is 7.88. The molecule has 1 rings (SSSR count). The van der Waals surface area contributed by atoms with Crippen LogP contribution < -0.4 is 15.4 Å². The molecule has 1 atom stereocenters. The molecule has 0 radical (unpaired) electrons. The minimum absolute atomic E-state index is 0.337. The quantitative estimate of drug-likeness (QED) is 0.376. The zero-order chi connectivity index (χ0) is 15.7. The third kappa shape index (κ3) is 8.03. The first-order valence-electron chi connectivity index (χ1n) is 6.92. The van der Waals surface area contributed by atoms with E-state index in [-0.39, 0.29) is 0 Å². The molecule has 0 fully saturated rings. The molecular formula is C13H24N4O2S2. The number of guanidine groups is 1. The molecule has 1 aromatic rings. The van der Waals surface area contributed by atoms with Crippen molar-refractivity contribution in [3.63, 3.8) is 0 Å². The van der Waals surface area contributed by atoms with Crippen molar-refractivity contribution in [2.75, 3.05) is 32.4 Å². The lowest BCUT2D eigenvalue weighted by atomic mass is 10.1. The Morgan fingerprint density at radius 1 is 1.38 bits per heavy atom. The van der Waals surface area contributed by atoms with Gasteiger partial charge in [-0.25, -0.2) is 13.1 Å². The molecule has 8 heteroatoms. The molecule has 0 spiro atoms. The molecule has 0 amide bonds. The highest BCUT2D eigenvalue weighted by Crippen LogP contribution is 2.20. The molecule has 1 aromatic heterocycles. The molecule has 0 saturated heterocycles. The molecule has 0 aromatic carbocycles. The van der Waals surface area contributed by atoms with E-state index >= 15 is 0 Å². The summed E-state index contributed by atoms with van der Waals surface area (Å²) >= 11 is 1.73. The fourth-order valence-electron chi connectivity index (χ4n) is 1.65. The number of sulfonamides is 1. The van der Waals surface area contributed by atoms with Gasteiger partial charge in [-0.3, -0.25) is 4.99 Å². The van der Waals surface area contributed by atoms with E-state index in [0.717, 1.165) is 12.8 Å². The predicted molar refractivity (Wildman–Crippen MR) is 89.6 cm³/mol. The van der Waals surface area contributed by atoms with Crippen molar-refractivity contribution < 1.29 is 8.42 Å². The van der Waals surface area contributed by atoms with Crippen LogP contribution in [0.5, 0.6) is 0 Å². The molecule has 0 aliphatic carbocycles. The SMILES string of the molecule is CCNC(=NCC(C)c1cccs1)NCCNS(C)(=O)=O. The largest absolute Gasteiger partial charge is 0.357 e. The first-order valence-corrected chi connectivity index (χ1v) is 9.69. The van der Waals surface area contributed by atoms with Gasteiger partial charge >= 0.3 is 0 Å². The van der Waals surface area contributed by atoms with Gasteiger partial charge in [0, 0.05) is 30.4 Å². The van der Waals surface area contributed by atoms with Gasteiger partial charge in [-0.2, -0.15) is 0 Å². The fourth-order valence-corrected chi connectivity index (χ4v) is 2.90. The van der Waals surface area contributed by atoms with Crippen molar-refractivity contribution in [3.8, 4) is 0 Å². The number of hydrogen-bond donors (Lipinski definition) is 3. The van der Waals surface area contributed by atoms with Crippen LogP contribution in [0.1, 0.15) is 24.6 Å².